The molecule has 1 aliphatic heterocycles. The lowest BCUT2D eigenvalue weighted by Gasteiger charge is -2.42. The van der Waals surface area contributed by atoms with Gasteiger partial charge in [0.15, 0.2) is 6.29 Å². The van der Waals surface area contributed by atoms with E-state index in [4.69, 9.17) is 14.2 Å². The van der Waals surface area contributed by atoms with E-state index in [-0.39, 0.29) is 31.3 Å². The van der Waals surface area contributed by atoms with Crippen LogP contribution in [0.1, 0.15) is 36.0 Å². The van der Waals surface area contributed by atoms with Crippen molar-refractivity contribution in [1.82, 2.24) is 4.90 Å². The minimum absolute atomic E-state index is 0.00355. The van der Waals surface area contributed by atoms with E-state index < -0.39 is 12.4 Å². The van der Waals surface area contributed by atoms with Gasteiger partial charge in [-0.05, 0) is 30.3 Å². The highest BCUT2D eigenvalue weighted by molar-refractivity contribution is 5.84. The predicted octanol–water partition coefficient (Wildman–Crippen LogP) is 4.82. The van der Waals surface area contributed by atoms with Gasteiger partial charge in [0.05, 0.1) is 18.8 Å². The Hall–Kier alpha value is -2.97. The van der Waals surface area contributed by atoms with Crippen LogP contribution in [0.4, 0.5) is 10.5 Å². The summed E-state index contributed by atoms with van der Waals surface area (Å²) in [6, 6.07) is 15.2. The van der Waals surface area contributed by atoms with Gasteiger partial charge in [-0.15, -0.1) is 6.58 Å². The number of anilines is 1. The maximum atomic E-state index is 11.8. The smallest absolute Gasteiger partial charge is 0.411 e. The lowest BCUT2D eigenvalue weighted by Crippen LogP contribution is -2.43. The van der Waals surface area contributed by atoms with E-state index in [9.17, 15) is 9.90 Å². The third-order valence-corrected chi connectivity index (χ3v) is 5.82. The van der Waals surface area contributed by atoms with Gasteiger partial charge in [0.25, 0.3) is 0 Å². The van der Waals surface area contributed by atoms with Crippen molar-refractivity contribution < 1.29 is 24.1 Å². The number of ether oxygens (including phenoxy) is 3. The standard InChI is InChI=1S/C27H34N2O5/c1-5-15-29(4)17-24-19(3)25(21-9-7-20(18-30)8-10-21)34-26(33-24)22-11-13-23(14-12-22)28-27(31)32-16-6-2/h5-14,19,24-26,30H,1-2,15-18H2,3-4H3,(H,28,31)/t19-,24+,25+,26+/m0/s1. The molecule has 0 bridgehead atoms. The van der Waals surface area contributed by atoms with Crippen molar-refractivity contribution in [2.45, 2.75) is 32.0 Å². The van der Waals surface area contributed by atoms with Crippen LogP contribution in [0.2, 0.25) is 0 Å². The van der Waals surface area contributed by atoms with Crippen LogP contribution in [-0.2, 0) is 20.8 Å². The summed E-state index contributed by atoms with van der Waals surface area (Å²) in [5, 5.41) is 12.1. The molecule has 34 heavy (non-hydrogen) atoms. The number of hydrogen-bond acceptors (Lipinski definition) is 6. The van der Waals surface area contributed by atoms with Crippen molar-refractivity contribution in [1.29, 1.82) is 0 Å². The molecule has 1 amide bonds. The number of nitrogens with zero attached hydrogens (tertiary/aromatic N) is 1. The molecule has 0 spiro atoms. The molecule has 1 heterocycles. The number of aliphatic hydroxyl groups excluding tert-OH is 1. The first kappa shape index (κ1) is 25.6. The minimum atomic E-state index is -0.567. The molecule has 1 saturated heterocycles. The molecule has 1 aliphatic rings. The second-order valence-corrected chi connectivity index (χ2v) is 8.47. The third-order valence-electron chi connectivity index (χ3n) is 5.82. The number of amides is 1. The molecule has 2 aromatic carbocycles. The molecule has 0 radical (unpaired) electrons. The molecule has 2 N–H and O–H groups in total. The van der Waals surface area contributed by atoms with Gasteiger partial charge < -0.3 is 24.2 Å². The molecule has 2 aromatic rings. The molecular weight excluding hydrogens is 432 g/mol. The normalized spacial score (nSPS) is 22.2. The summed E-state index contributed by atoms with van der Waals surface area (Å²) in [6.45, 7) is 11.1. The Kier molecular flexibility index (Phi) is 9.42. The lowest BCUT2D eigenvalue weighted by molar-refractivity contribution is -0.275. The number of benzene rings is 2. The van der Waals surface area contributed by atoms with E-state index >= 15 is 0 Å². The van der Waals surface area contributed by atoms with Crippen LogP contribution in [0, 0.1) is 5.92 Å². The topological polar surface area (TPSA) is 80.3 Å². The summed E-state index contributed by atoms with van der Waals surface area (Å²) in [5.41, 5.74) is 3.36. The van der Waals surface area contributed by atoms with Crippen molar-refractivity contribution in [3.63, 3.8) is 0 Å². The molecule has 0 saturated carbocycles. The van der Waals surface area contributed by atoms with E-state index in [0.29, 0.717) is 5.69 Å². The number of nitrogens with one attached hydrogen (secondary N) is 1. The summed E-state index contributed by atoms with van der Waals surface area (Å²) in [7, 11) is 2.04. The van der Waals surface area contributed by atoms with E-state index in [2.05, 4.69) is 30.3 Å². The van der Waals surface area contributed by atoms with Gasteiger partial charge in [-0.1, -0.05) is 62.1 Å². The SMILES string of the molecule is C=CCOC(=O)Nc1ccc([C@@H]2O[C@H](CN(C)CC=C)[C@H](C)[C@H](c3ccc(CO)cc3)O2)cc1. The van der Waals surface area contributed by atoms with Crippen molar-refractivity contribution in [2.75, 3.05) is 32.1 Å². The largest absolute Gasteiger partial charge is 0.445 e. The molecule has 1 fully saturated rings. The van der Waals surface area contributed by atoms with Gasteiger partial charge in [-0.2, -0.15) is 0 Å². The number of likely N-dealkylation sites (N-methyl/N-ethyl adjacent to an activating group) is 1. The highest BCUT2D eigenvalue weighted by atomic mass is 16.7. The number of aliphatic hydroxyl groups is 1. The maximum Gasteiger partial charge on any atom is 0.411 e. The second-order valence-electron chi connectivity index (χ2n) is 8.47. The van der Waals surface area contributed by atoms with Crippen LogP contribution in [0.5, 0.6) is 0 Å². The monoisotopic (exact) mass is 466 g/mol. The fourth-order valence-electron chi connectivity index (χ4n) is 3.94. The number of rotatable bonds is 10. The van der Waals surface area contributed by atoms with Crippen LogP contribution in [-0.4, -0.2) is 48.9 Å². The van der Waals surface area contributed by atoms with Crippen LogP contribution >= 0.6 is 0 Å². The zero-order valence-corrected chi connectivity index (χ0v) is 19.9. The van der Waals surface area contributed by atoms with E-state index in [1.165, 1.54) is 6.08 Å². The van der Waals surface area contributed by atoms with Gasteiger partial charge in [0, 0.05) is 30.3 Å². The Bertz CT molecular complexity index is 944. The molecule has 0 unspecified atom stereocenters. The first-order valence-corrected chi connectivity index (χ1v) is 11.4. The first-order valence-electron chi connectivity index (χ1n) is 11.4. The van der Waals surface area contributed by atoms with Gasteiger partial charge in [-0.25, -0.2) is 4.79 Å². The predicted molar refractivity (Wildman–Crippen MR) is 132 cm³/mol. The molecule has 182 valence electrons. The number of carbonyl (C=O) groups is 1. The Morgan fingerprint density at radius 2 is 1.76 bits per heavy atom. The third kappa shape index (κ3) is 6.77. The summed E-state index contributed by atoms with van der Waals surface area (Å²) in [5.74, 6) is 0.101. The maximum absolute atomic E-state index is 11.8. The van der Waals surface area contributed by atoms with Gasteiger partial charge in [0.2, 0.25) is 0 Å². The van der Waals surface area contributed by atoms with Gasteiger partial charge in [0.1, 0.15) is 6.61 Å². The Balaban J connectivity index is 1.79. The van der Waals surface area contributed by atoms with Crippen molar-refractivity contribution in [2.24, 2.45) is 5.92 Å². The Morgan fingerprint density at radius 3 is 2.38 bits per heavy atom. The fourth-order valence-corrected chi connectivity index (χ4v) is 3.94. The zero-order chi connectivity index (χ0) is 24.5. The summed E-state index contributed by atoms with van der Waals surface area (Å²) in [6.07, 6.45) is 2.03. The van der Waals surface area contributed by atoms with Crippen molar-refractivity contribution >= 4 is 11.8 Å². The molecule has 3 rings (SSSR count). The van der Waals surface area contributed by atoms with E-state index in [1.54, 1.807) is 12.1 Å². The quantitative estimate of drug-likeness (QED) is 0.489. The van der Waals surface area contributed by atoms with E-state index in [0.717, 1.165) is 29.8 Å². The first-order chi connectivity index (χ1) is 16.4. The molecule has 0 aromatic heterocycles. The van der Waals surface area contributed by atoms with Crippen LogP contribution < -0.4 is 5.32 Å². The average molecular weight is 467 g/mol. The van der Waals surface area contributed by atoms with Gasteiger partial charge in [-0.3, -0.25) is 5.32 Å². The van der Waals surface area contributed by atoms with E-state index in [1.807, 2.05) is 49.5 Å². The molecule has 7 heteroatoms. The summed E-state index contributed by atoms with van der Waals surface area (Å²) >= 11 is 0. The van der Waals surface area contributed by atoms with Crippen LogP contribution in [0.3, 0.4) is 0 Å². The van der Waals surface area contributed by atoms with Crippen LogP contribution in [0.25, 0.3) is 0 Å². The van der Waals surface area contributed by atoms with Crippen molar-refractivity contribution in [3.05, 3.63) is 90.5 Å². The molecule has 4 atom stereocenters. The fraction of sp³-hybridized carbons (Fsp3) is 0.370. The number of carbonyl (C=O) groups excluding carboxylic acids is 1. The molecular formula is C27H34N2O5. The average Bonchev–Trinajstić information content (AvgIpc) is 2.85. The second kappa shape index (κ2) is 12.5. The molecule has 0 aliphatic carbocycles. The zero-order valence-electron chi connectivity index (χ0n) is 19.9. The Labute approximate surface area is 201 Å². The molecule has 7 nitrogen and oxygen atoms in total. The number of hydrogen-bond donors (Lipinski definition) is 2. The van der Waals surface area contributed by atoms with Crippen LogP contribution in [0.15, 0.2) is 73.8 Å². The summed E-state index contributed by atoms with van der Waals surface area (Å²) in [4.78, 5) is 14.0. The highest BCUT2D eigenvalue weighted by Crippen LogP contribution is 2.41. The van der Waals surface area contributed by atoms with Gasteiger partial charge >= 0.3 is 6.09 Å². The highest BCUT2D eigenvalue weighted by Gasteiger charge is 2.38. The minimum Gasteiger partial charge on any atom is -0.445 e. The van der Waals surface area contributed by atoms with Crippen molar-refractivity contribution in [3.8, 4) is 0 Å². The lowest BCUT2D eigenvalue weighted by atomic mass is 9.90. The Morgan fingerprint density at radius 1 is 1.09 bits per heavy atom. The summed E-state index contributed by atoms with van der Waals surface area (Å²) < 4.78 is 17.8.